The number of aryl methyl sites for hydroxylation is 1. The molecule has 0 fully saturated rings. The molecule has 0 saturated heterocycles. The maximum Gasteiger partial charge on any atom is 0.248 e. The van der Waals surface area contributed by atoms with Crippen molar-refractivity contribution in [1.82, 2.24) is 9.55 Å². The molecule has 1 heterocycles. The number of carbonyl (C=O) groups excluding carboxylic acids is 1. The summed E-state index contributed by atoms with van der Waals surface area (Å²) in [4.78, 5) is 15.9. The van der Waals surface area contributed by atoms with E-state index in [0.29, 0.717) is 31.8 Å². The van der Waals surface area contributed by atoms with Crippen molar-refractivity contribution in [3.8, 4) is 0 Å². The third kappa shape index (κ3) is 4.72. The van der Waals surface area contributed by atoms with E-state index in [-0.39, 0.29) is 5.04 Å². The average molecular weight is 378 g/mol. The molecule has 0 aliphatic heterocycles. The van der Waals surface area contributed by atoms with Gasteiger partial charge in [0.2, 0.25) is 5.91 Å². The first-order valence-corrected chi connectivity index (χ1v) is 11.9. The van der Waals surface area contributed by atoms with Crippen LogP contribution in [0, 0.1) is 0 Å². The highest BCUT2D eigenvalue weighted by Gasteiger charge is 2.36. The lowest BCUT2D eigenvalue weighted by molar-refractivity contribution is 0.0964. The number of aromatic nitrogens is 2. The first-order valence-electron chi connectivity index (χ1n) is 9.00. The van der Waals surface area contributed by atoms with Gasteiger partial charge in [-0.05, 0) is 36.3 Å². The third-order valence-electron chi connectivity index (χ3n) is 5.22. The molecule has 2 aromatic rings. The van der Waals surface area contributed by atoms with Gasteiger partial charge in [0.1, 0.15) is 5.82 Å². The number of imidazole rings is 1. The Bertz CT molecular complexity index is 778. The SMILES string of the molecule is Cn1c(CCOCCO[Si](C)(C)C(C)(C)C)nc2cc(C(N)=O)ccc21. The van der Waals surface area contributed by atoms with Crippen molar-refractivity contribution >= 4 is 25.3 Å². The largest absolute Gasteiger partial charge is 0.414 e. The summed E-state index contributed by atoms with van der Waals surface area (Å²) in [5.41, 5.74) is 7.56. The fraction of sp³-hybridized carbons (Fsp3) is 0.579. The number of carbonyl (C=O) groups is 1. The van der Waals surface area contributed by atoms with Crippen molar-refractivity contribution in [3.05, 3.63) is 29.6 Å². The molecule has 7 heteroatoms. The zero-order valence-electron chi connectivity index (χ0n) is 16.8. The molecule has 26 heavy (non-hydrogen) atoms. The van der Waals surface area contributed by atoms with Crippen molar-refractivity contribution < 1.29 is 14.0 Å². The zero-order chi connectivity index (χ0) is 19.5. The van der Waals surface area contributed by atoms with E-state index < -0.39 is 14.2 Å². The summed E-state index contributed by atoms with van der Waals surface area (Å²) in [5.74, 6) is 0.483. The summed E-state index contributed by atoms with van der Waals surface area (Å²) >= 11 is 0. The molecule has 1 aromatic heterocycles. The maximum absolute atomic E-state index is 11.3. The first kappa shape index (κ1) is 20.6. The molecule has 0 atom stereocenters. The van der Waals surface area contributed by atoms with Crippen LogP contribution in [0.25, 0.3) is 11.0 Å². The Morgan fingerprint density at radius 3 is 2.54 bits per heavy atom. The molecule has 0 aliphatic rings. The molecule has 0 saturated carbocycles. The van der Waals surface area contributed by atoms with Crippen LogP contribution in [0.15, 0.2) is 18.2 Å². The lowest BCUT2D eigenvalue weighted by Gasteiger charge is -2.36. The Hall–Kier alpha value is -1.70. The van der Waals surface area contributed by atoms with Gasteiger partial charge in [-0.1, -0.05) is 20.8 Å². The van der Waals surface area contributed by atoms with Gasteiger partial charge in [0, 0.05) is 19.0 Å². The molecule has 0 unspecified atom stereocenters. The second-order valence-electron chi connectivity index (χ2n) is 8.13. The van der Waals surface area contributed by atoms with Crippen molar-refractivity contribution in [2.24, 2.45) is 12.8 Å². The number of nitrogens with zero attached hydrogens (tertiary/aromatic N) is 2. The van der Waals surface area contributed by atoms with E-state index in [1.807, 2.05) is 17.7 Å². The molecule has 0 aliphatic carbocycles. The Labute approximate surface area is 156 Å². The Morgan fingerprint density at radius 2 is 1.92 bits per heavy atom. The number of ether oxygens (including phenoxy) is 1. The van der Waals surface area contributed by atoms with Crippen molar-refractivity contribution in [3.63, 3.8) is 0 Å². The number of fused-ring (bicyclic) bond motifs is 1. The van der Waals surface area contributed by atoms with Crippen LogP contribution in [-0.4, -0.2) is 43.6 Å². The number of amides is 1. The highest BCUT2D eigenvalue weighted by Crippen LogP contribution is 2.36. The zero-order valence-corrected chi connectivity index (χ0v) is 17.8. The number of primary amides is 1. The van der Waals surface area contributed by atoms with E-state index in [1.54, 1.807) is 12.1 Å². The van der Waals surface area contributed by atoms with Crippen LogP contribution in [-0.2, 0) is 22.6 Å². The lowest BCUT2D eigenvalue weighted by atomic mass is 10.2. The smallest absolute Gasteiger partial charge is 0.248 e. The molecule has 144 valence electrons. The highest BCUT2D eigenvalue weighted by atomic mass is 28.4. The van der Waals surface area contributed by atoms with Crippen LogP contribution in [0.3, 0.4) is 0 Å². The van der Waals surface area contributed by atoms with E-state index in [4.69, 9.17) is 14.9 Å². The van der Waals surface area contributed by atoms with Crippen molar-refractivity contribution in [2.45, 2.75) is 45.3 Å². The Balaban J connectivity index is 1.85. The highest BCUT2D eigenvalue weighted by molar-refractivity contribution is 6.74. The lowest BCUT2D eigenvalue weighted by Crippen LogP contribution is -2.41. The van der Waals surface area contributed by atoms with Crippen LogP contribution >= 0.6 is 0 Å². The molecule has 1 aromatic carbocycles. The second kappa shape index (κ2) is 7.90. The predicted octanol–water partition coefficient (Wildman–Crippen LogP) is 3.25. The molecule has 6 nitrogen and oxygen atoms in total. The van der Waals surface area contributed by atoms with Crippen LogP contribution in [0.2, 0.25) is 18.1 Å². The van der Waals surface area contributed by atoms with Crippen LogP contribution in [0.5, 0.6) is 0 Å². The van der Waals surface area contributed by atoms with E-state index in [0.717, 1.165) is 16.9 Å². The fourth-order valence-electron chi connectivity index (χ4n) is 2.46. The first-order chi connectivity index (χ1) is 12.0. The standard InChI is InChI=1S/C19H31N3O3Si/c1-19(2,3)26(5,6)25-12-11-24-10-9-17-21-15-13-14(18(20)23)7-8-16(15)22(17)4/h7-8,13H,9-12H2,1-6H3,(H2,20,23). The molecule has 0 radical (unpaired) electrons. The summed E-state index contributed by atoms with van der Waals surface area (Å²) in [5, 5.41) is 0.212. The minimum atomic E-state index is -1.71. The summed E-state index contributed by atoms with van der Waals surface area (Å²) in [6, 6.07) is 5.33. The van der Waals surface area contributed by atoms with E-state index in [2.05, 4.69) is 38.8 Å². The number of benzene rings is 1. The molecule has 0 spiro atoms. The monoisotopic (exact) mass is 377 g/mol. The average Bonchev–Trinajstić information content (AvgIpc) is 2.85. The predicted molar refractivity (Wildman–Crippen MR) is 107 cm³/mol. The van der Waals surface area contributed by atoms with Crippen LogP contribution < -0.4 is 5.73 Å². The van der Waals surface area contributed by atoms with Crippen molar-refractivity contribution in [1.29, 1.82) is 0 Å². The molecule has 0 bridgehead atoms. The number of nitrogens with two attached hydrogens (primary N) is 1. The number of hydrogen-bond donors (Lipinski definition) is 1. The summed E-state index contributed by atoms with van der Waals surface area (Å²) < 4.78 is 13.9. The van der Waals surface area contributed by atoms with E-state index in [1.165, 1.54) is 0 Å². The van der Waals surface area contributed by atoms with E-state index in [9.17, 15) is 4.79 Å². The minimum Gasteiger partial charge on any atom is -0.414 e. The topological polar surface area (TPSA) is 79.4 Å². The Morgan fingerprint density at radius 1 is 1.23 bits per heavy atom. The van der Waals surface area contributed by atoms with Gasteiger partial charge in [-0.25, -0.2) is 4.98 Å². The van der Waals surface area contributed by atoms with Gasteiger partial charge >= 0.3 is 0 Å². The number of hydrogen-bond acceptors (Lipinski definition) is 4. The molecule has 1 amide bonds. The van der Waals surface area contributed by atoms with E-state index >= 15 is 0 Å². The summed E-state index contributed by atoms with van der Waals surface area (Å²) in [6.45, 7) is 13.0. The second-order valence-corrected chi connectivity index (χ2v) is 12.9. The third-order valence-corrected chi connectivity index (χ3v) is 9.76. The van der Waals surface area contributed by atoms with Gasteiger partial charge in [-0.3, -0.25) is 4.79 Å². The van der Waals surface area contributed by atoms with Gasteiger partial charge in [-0.2, -0.15) is 0 Å². The molecule has 2 N–H and O–H groups in total. The van der Waals surface area contributed by atoms with Gasteiger partial charge in [0.25, 0.3) is 0 Å². The molecular weight excluding hydrogens is 346 g/mol. The quantitative estimate of drug-likeness (QED) is 0.566. The van der Waals surface area contributed by atoms with Crippen molar-refractivity contribution in [2.75, 3.05) is 19.8 Å². The summed E-state index contributed by atoms with van der Waals surface area (Å²) in [6.07, 6.45) is 0.706. The molecule has 2 rings (SSSR count). The van der Waals surface area contributed by atoms with Gasteiger partial charge in [-0.15, -0.1) is 0 Å². The number of rotatable bonds is 8. The summed E-state index contributed by atoms with van der Waals surface area (Å²) in [7, 11) is 0.258. The van der Waals surface area contributed by atoms with Crippen LogP contribution in [0.1, 0.15) is 37.0 Å². The molecular formula is C19H31N3O3Si. The normalized spacial score (nSPS) is 12.7. The van der Waals surface area contributed by atoms with Gasteiger partial charge < -0.3 is 19.5 Å². The van der Waals surface area contributed by atoms with Gasteiger partial charge in [0.05, 0.1) is 30.9 Å². The van der Waals surface area contributed by atoms with Gasteiger partial charge in [0.15, 0.2) is 8.32 Å². The Kier molecular flexibility index (Phi) is 6.26. The van der Waals surface area contributed by atoms with Crippen LogP contribution in [0.4, 0.5) is 0 Å². The fourth-order valence-corrected chi connectivity index (χ4v) is 3.49. The maximum atomic E-state index is 11.3. The minimum absolute atomic E-state index is 0.212.